The van der Waals surface area contributed by atoms with Gasteiger partial charge in [-0.2, -0.15) is 10.5 Å². The molecular weight excluding hydrogens is 480 g/mol. The molecule has 2 N–H and O–H groups in total. The van der Waals surface area contributed by atoms with Gasteiger partial charge in [0, 0.05) is 12.8 Å². The normalized spacial score (nSPS) is 11.3. The summed E-state index contributed by atoms with van der Waals surface area (Å²) in [7, 11) is 0. The minimum absolute atomic E-state index is 0.320. The Hall–Kier alpha value is -1.92. The molecule has 0 spiro atoms. The van der Waals surface area contributed by atoms with Gasteiger partial charge < -0.3 is 9.78 Å². The Bertz CT molecular complexity index is 678. The molecule has 0 aromatic heterocycles. The lowest BCUT2D eigenvalue weighted by Gasteiger charge is -2.17. The molecule has 0 fully saturated rings. The topological polar surface area (TPSA) is 93.1 Å². The van der Waals surface area contributed by atoms with Crippen LogP contribution in [0.15, 0.2) is 24.3 Å². The van der Waals surface area contributed by atoms with Crippen LogP contribution in [-0.2, 0) is 19.4 Å². The molecule has 1 aromatic rings. The standard InChI is InChI=1S/C12H18.2C10H20O3/c1-9(2)11-7-5-6-8-12(11)10(3)4;2*1-10(2,3)8-6-4-5-7-9(11)13-12/h5-10H,1-4H3;2*12H,4-8H2,1-3H3. The Labute approximate surface area is 233 Å². The lowest BCUT2D eigenvalue weighted by molar-refractivity contribution is -0.234. The van der Waals surface area contributed by atoms with E-state index in [0.717, 1.165) is 38.5 Å². The number of carbonyl (C=O) groups excluding carboxylic acids is 2. The molecule has 0 radical (unpaired) electrons. The highest BCUT2D eigenvalue weighted by Gasteiger charge is 2.10. The Balaban J connectivity index is 0. The Morgan fingerprint density at radius 3 is 1.18 bits per heavy atom. The molecule has 0 aliphatic rings. The second-order valence-electron chi connectivity index (χ2n) is 13.1. The fourth-order valence-electron chi connectivity index (χ4n) is 3.86. The highest BCUT2D eigenvalue weighted by Crippen LogP contribution is 2.25. The Morgan fingerprint density at radius 2 is 0.947 bits per heavy atom. The van der Waals surface area contributed by atoms with Gasteiger partial charge in [0.25, 0.3) is 0 Å². The maximum atomic E-state index is 10.5. The van der Waals surface area contributed by atoms with Gasteiger partial charge in [-0.3, -0.25) is 0 Å². The maximum Gasteiger partial charge on any atom is 0.342 e. The molecule has 222 valence electrons. The average molecular weight is 539 g/mol. The van der Waals surface area contributed by atoms with E-state index < -0.39 is 11.9 Å². The minimum Gasteiger partial charge on any atom is -0.301 e. The zero-order valence-corrected chi connectivity index (χ0v) is 26.1. The summed E-state index contributed by atoms with van der Waals surface area (Å²) in [5.41, 5.74) is 3.73. The van der Waals surface area contributed by atoms with Gasteiger partial charge in [-0.1, -0.05) is 119 Å². The SMILES string of the molecule is CC(C)(C)CCCCCC(=O)OO.CC(C)(C)CCCCCC(=O)OO.CC(C)c1ccccc1C(C)C. The van der Waals surface area contributed by atoms with Crippen LogP contribution >= 0.6 is 0 Å². The highest BCUT2D eigenvalue weighted by molar-refractivity contribution is 5.68. The largest absolute Gasteiger partial charge is 0.342 e. The maximum absolute atomic E-state index is 10.5. The van der Waals surface area contributed by atoms with E-state index in [9.17, 15) is 9.59 Å². The van der Waals surface area contributed by atoms with Crippen LogP contribution in [0, 0.1) is 10.8 Å². The third kappa shape index (κ3) is 24.4. The Morgan fingerprint density at radius 1 is 0.632 bits per heavy atom. The van der Waals surface area contributed by atoms with Gasteiger partial charge in [0.15, 0.2) is 0 Å². The van der Waals surface area contributed by atoms with E-state index in [-0.39, 0.29) is 0 Å². The second kappa shape index (κ2) is 21.0. The van der Waals surface area contributed by atoms with Crippen LogP contribution in [0.3, 0.4) is 0 Å². The number of carbonyl (C=O) groups is 2. The van der Waals surface area contributed by atoms with E-state index >= 15 is 0 Å². The van der Waals surface area contributed by atoms with Crippen molar-refractivity contribution in [2.24, 2.45) is 10.8 Å². The first-order valence-corrected chi connectivity index (χ1v) is 14.3. The summed E-state index contributed by atoms with van der Waals surface area (Å²) in [5.74, 6) is 0.221. The van der Waals surface area contributed by atoms with Crippen molar-refractivity contribution in [2.75, 3.05) is 0 Å². The van der Waals surface area contributed by atoms with Gasteiger partial charge in [0.05, 0.1) is 0 Å². The van der Waals surface area contributed by atoms with Crippen LogP contribution in [0.5, 0.6) is 0 Å². The molecule has 1 rings (SSSR count). The van der Waals surface area contributed by atoms with Crippen LogP contribution in [0.1, 0.15) is 156 Å². The summed E-state index contributed by atoms with van der Waals surface area (Å²) in [6, 6.07) is 8.72. The van der Waals surface area contributed by atoms with E-state index in [2.05, 4.69) is 103 Å². The van der Waals surface area contributed by atoms with Gasteiger partial charge in [0.2, 0.25) is 0 Å². The fourth-order valence-corrected chi connectivity index (χ4v) is 3.86. The molecule has 38 heavy (non-hydrogen) atoms. The van der Waals surface area contributed by atoms with Crippen LogP contribution < -0.4 is 0 Å². The van der Waals surface area contributed by atoms with Crippen LogP contribution in [-0.4, -0.2) is 22.5 Å². The van der Waals surface area contributed by atoms with Gasteiger partial charge in [0.1, 0.15) is 0 Å². The first-order chi connectivity index (χ1) is 17.5. The summed E-state index contributed by atoms with van der Waals surface area (Å²) in [6.07, 6.45) is 8.87. The summed E-state index contributed by atoms with van der Waals surface area (Å²) < 4.78 is 0. The van der Waals surface area contributed by atoms with Crippen LogP contribution in [0.2, 0.25) is 0 Å². The molecule has 0 saturated carbocycles. The summed E-state index contributed by atoms with van der Waals surface area (Å²) in [4.78, 5) is 28.1. The van der Waals surface area contributed by atoms with E-state index in [4.69, 9.17) is 10.5 Å². The van der Waals surface area contributed by atoms with Gasteiger partial charge in [-0.15, -0.1) is 0 Å². The molecule has 6 heteroatoms. The van der Waals surface area contributed by atoms with Crippen LogP contribution in [0.4, 0.5) is 0 Å². The first-order valence-electron chi connectivity index (χ1n) is 14.3. The molecular formula is C32H58O6. The van der Waals surface area contributed by atoms with Crippen molar-refractivity contribution in [1.82, 2.24) is 0 Å². The average Bonchev–Trinajstić information content (AvgIpc) is 2.82. The summed E-state index contributed by atoms with van der Waals surface area (Å²) >= 11 is 0. The monoisotopic (exact) mass is 538 g/mol. The zero-order valence-electron chi connectivity index (χ0n) is 26.1. The fraction of sp³-hybridized carbons (Fsp3) is 0.750. The molecule has 6 nitrogen and oxygen atoms in total. The summed E-state index contributed by atoms with van der Waals surface area (Å²) in [6.45, 7) is 22.2. The number of rotatable bonds is 12. The van der Waals surface area contributed by atoms with E-state index in [1.165, 1.54) is 24.0 Å². The van der Waals surface area contributed by atoms with Gasteiger partial charge >= 0.3 is 11.9 Å². The quantitative estimate of drug-likeness (QED) is 0.156. The molecule has 0 saturated heterocycles. The predicted octanol–water partition coefficient (Wildman–Crippen LogP) is 9.93. The van der Waals surface area contributed by atoms with E-state index in [0.29, 0.717) is 35.5 Å². The molecule has 0 unspecified atom stereocenters. The summed E-state index contributed by atoms with van der Waals surface area (Å²) in [5, 5.41) is 15.9. The van der Waals surface area contributed by atoms with Crippen molar-refractivity contribution < 1.29 is 29.9 Å². The number of benzene rings is 1. The zero-order chi connectivity index (χ0) is 29.8. The van der Waals surface area contributed by atoms with Crippen molar-refractivity contribution in [3.05, 3.63) is 35.4 Å². The van der Waals surface area contributed by atoms with Crippen molar-refractivity contribution >= 4 is 11.9 Å². The molecule has 1 aromatic carbocycles. The third-order valence-corrected chi connectivity index (χ3v) is 6.06. The van der Waals surface area contributed by atoms with Crippen molar-refractivity contribution in [1.29, 1.82) is 0 Å². The molecule has 0 atom stereocenters. The van der Waals surface area contributed by atoms with Crippen molar-refractivity contribution in [3.63, 3.8) is 0 Å². The van der Waals surface area contributed by atoms with Crippen molar-refractivity contribution in [2.45, 2.75) is 145 Å². The predicted molar refractivity (Wildman–Crippen MR) is 157 cm³/mol. The number of hydrogen-bond donors (Lipinski definition) is 2. The third-order valence-electron chi connectivity index (χ3n) is 6.06. The second-order valence-corrected chi connectivity index (χ2v) is 13.1. The van der Waals surface area contributed by atoms with E-state index in [1.54, 1.807) is 0 Å². The molecule has 0 bridgehead atoms. The first kappa shape index (κ1) is 38.2. The molecule has 0 aliphatic heterocycles. The lowest BCUT2D eigenvalue weighted by Crippen LogP contribution is -2.04. The number of unbranched alkanes of at least 4 members (excludes halogenated alkanes) is 4. The smallest absolute Gasteiger partial charge is 0.301 e. The van der Waals surface area contributed by atoms with Crippen molar-refractivity contribution in [3.8, 4) is 0 Å². The Kier molecular flexibility index (Phi) is 21.1. The molecule has 0 aliphatic carbocycles. The highest BCUT2D eigenvalue weighted by atomic mass is 17.1. The van der Waals surface area contributed by atoms with Gasteiger partial charge in [-0.05, 0) is 59.5 Å². The van der Waals surface area contributed by atoms with Gasteiger partial charge in [-0.25, -0.2) is 9.59 Å². The van der Waals surface area contributed by atoms with Crippen LogP contribution in [0.25, 0.3) is 0 Å². The number of hydrogen-bond acceptors (Lipinski definition) is 6. The lowest BCUT2D eigenvalue weighted by atomic mass is 9.89. The van der Waals surface area contributed by atoms with E-state index in [1.807, 2.05) is 0 Å². The molecule has 0 heterocycles. The molecule has 0 amide bonds. The minimum atomic E-state index is -0.532.